The fraction of sp³-hybridized carbons (Fsp3) is 0.571. The highest BCUT2D eigenvalue weighted by molar-refractivity contribution is 5.78. The molecule has 0 saturated heterocycles. The van der Waals surface area contributed by atoms with Gasteiger partial charge in [-0.1, -0.05) is 31.9 Å². The van der Waals surface area contributed by atoms with Gasteiger partial charge < -0.3 is 15.0 Å². The lowest BCUT2D eigenvalue weighted by Crippen LogP contribution is -2.46. The normalized spacial score (nSPS) is 19.8. The second-order valence-electron chi connectivity index (χ2n) is 7.67. The van der Waals surface area contributed by atoms with Crippen LogP contribution in [0, 0.1) is 5.92 Å². The first-order valence-corrected chi connectivity index (χ1v) is 10.1. The van der Waals surface area contributed by atoms with Crippen molar-refractivity contribution in [3.63, 3.8) is 0 Å². The van der Waals surface area contributed by atoms with Crippen LogP contribution >= 0.6 is 0 Å². The molecule has 2 N–H and O–H groups in total. The standard InChI is InChI=1S/C21H30N4O3/c1-15-7-3-5-9-17(15)23-20(26)14-25(11-12-28-2)13-19-22-18-10-6-4-8-16(18)21(27)24-19/h4,6,8,10,15,17H,3,5,7,9,11-14H2,1-2H3,(H,23,26)(H,22,24,27)/t15-,17-/m1/s1. The summed E-state index contributed by atoms with van der Waals surface area (Å²) >= 11 is 0. The molecule has 2 aromatic rings. The topological polar surface area (TPSA) is 87.3 Å². The smallest absolute Gasteiger partial charge is 0.258 e. The fourth-order valence-electron chi connectivity index (χ4n) is 3.84. The van der Waals surface area contributed by atoms with Crippen molar-refractivity contribution in [3.8, 4) is 0 Å². The van der Waals surface area contributed by atoms with Gasteiger partial charge in [0.2, 0.25) is 5.91 Å². The zero-order valence-electron chi connectivity index (χ0n) is 16.7. The molecule has 3 rings (SSSR count). The van der Waals surface area contributed by atoms with Crippen LogP contribution in [0.4, 0.5) is 0 Å². The number of methoxy groups -OCH3 is 1. The Morgan fingerprint density at radius 1 is 1.32 bits per heavy atom. The minimum Gasteiger partial charge on any atom is -0.383 e. The van der Waals surface area contributed by atoms with Gasteiger partial charge in [0.05, 0.1) is 30.6 Å². The summed E-state index contributed by atoms with van der Waals surface area (Å²) in [4.78, 5) is 34.3. The molecule has 0 radical (unpaired) electrons. The number of carbonyl (C=O) groups excluding carboxylic acids is 1. The molecular weight excluding hydrogens is 356 g/mol. The molecule has 1 aliphatic carbocycles. The van der Waals surface area contributed by atoms with Crippen LogP contribution in [0.25, 0.3) is 10.9 Å². The Morgan fingerprint density at radius 2 is 2.11 bits per heavy atom. The molecule has 0 aliphatic heterocycles. The van der Waals surface area contributed by atoms with Crippen molar-refractivity contribution in [1.29, 1.82) is 0 Å². The summed E-state index contributed by atoms with van der Waals surface area (Å²) in [5.74, 6) is 1.08. The van der Waals surface area contributed by atoms with E-state index in [9.17, 15) is 9.59 Å². The van der Waals surface area contributed by atoms with E-state index in [0.29, 0.717) is 42.3 Å². The van der Waals surface area contributed by atoms with Crippen LogP contribution in [-0.4, -0.2) is 53.6 Å². The van der Waals surface area contributed by atoms with Gasteiger partial charge in [-0.3, -0.25) is 14.5 Å². The van der Waals surface area contributed by atoms with Crippen molar-refractivity contribution in [2.45, 2.75) is 45.2 Å². The van der Waals surface area contributed by atoms with Crippen molar-refractivity contribution in [2.75, 3.05) is 26.8 Å². The molecule has 28 heavy (non-hydrogen) atoms. The average molecular weight is 386 g/mol. The Kier molecular flexibility index (Phi) is 7.17. The number of ether oxygens (including phenoxy) is 1. The summed E-state index contributed by atoms with van der Waals surface area (Å²) in [7, 11) is 1.64. The number of para-hydroxylation sites is 1. The Bertz CT molecular complexity index is 851. The van der Waals surface area contributed by atoms with Crippen molar-refractivity contribution >= 4 is 16.8 Å². The van der Waals surface area contributed by atoms with Gasteiger partial charge in [0.15, 0.2) is 0 Å². The summed E-state index contributed by atoms with van der Waals surface area (Å²) in [5, 5.41) is 3.76. The first-order valence-electron chi connectivity index (χ1n) is 10.1. The van der Waals surface area contributed by atoms with E-state index in [1.165, 1.54) is 19.3 Å². The van der Waals surface area contributed by atoms with E-state index in [1.54, 1.807) is 13.2 Å². The number of amides is 1. The van der Waals surface area contributed by atoms with Gasteiger partial charge in [0.25, 0.3) is 5.56 Å². The number of fused-ring (bicyclic) bond motifs is 1. The fourth-order valence-corrected chi connectivity index (χ4v) is 3.84. The van der Waals surface area contributed by atoms with Crippen molar-refractivity contribution in [2.24, 2.45) is 5.92 Å². The highest BCUT2D eigenvalue weighted by Gasteiger charge is 2.23. The monoisotopic (exact) mass is 386 g/mol. The SMILES string of the molecule is COCCN(CC(=O)N[C@@H]1CCCC[C@H]1C)Cc1nc2ccccc2c(=O)[nH]1. The zero-order valence-corrected chi connectivity index (χ0v) is 16.7. The van der Waals surface area contributed by atoms with Crippen LogP contribution in [0.5, 0.6) is 0 Å². The number of carbonyl (C=O) groups is 1. The Labute approximate surface area is 165 Å². The molecule has 0 bridgehead atoms. The molecule has 0 unspecified atom stereocenters. The summed E-state index contributed by atoms with van der Waals surface area (Å²) in [6, 6.07) is 7.52. The van der Waals surface area contributed by atoms with Gasteiger partial charge in [0.1, 0.15) is 5.82 Å². The van der Waals surface area contributed by atoms with E-state index in [-0.39, 0.29) is 24.1 Å². The molecule has 1 aromatic carbocycles. The summed E-state index contributed by atoms with van der Waals surface area (Å²) in [6.07, 6.45) is 4.63. The maximum atomic E-state index is 12.6. The molecule has 152 valence electrons. The van der Waals surface area contributed by atoms with Crippen molar-refractivity contribution in [1.82, 2.24) is 20.2 Å². The van der Waals surface area contributed by atoms with Gasteiger partial charge in [-0.05, 0) is 30.9 Å². The van der Waals surface area contributed by atoms with Crippen LogP contribution in [-0.2, 0) is 16.1 Å². The van der Waals surface area contributed by atoms with E-state index in [4.69, 9.17) is 4.74 Å². The number of rotatable bonds is 8. The van der Waals surface area contributed by atoms with Crippen LogP contribution in [0.1, 0.15) is 38.4 Å². The molecule has 2 atom stereocenters. The number of hydrogen-bond donors (Lipinski definition) is 2. The Hall–Kier alpha value is -2.25. The molecule has 1 saturated carbocycles. The highest BCUT2D eigenvalue weighted by atomic mass is 16.5. The van der Waals surface area contributed by atoms with Gasteiger partial charge in [0, 0.05) is 19.7 Å². The number of aromatic nitrogens is 2. The second-order valence-corrected chi connectivity index (χ2v) is 7.67. The lowest BCUT2D eigenvalue weighted by molar-refractivity contribution is -0.123. The van der Waals surface area contributed by atoms with E-state index in [2.05, 4.69) is 22.2 Å². The molecule has 7 nitrogen and oxygen atoms in total. The molecule has 7 heteroatoms. The van der Waals surface area contributed by atoms with E-state index in [0.717, 1.165) is 6.42 Å². The minimum atomic E-state index is -0.159. The third kappa shape index (κ3) is 5.39. The molecule has 0 spiro atoms. The Morgan fingerprint density at radius 3 is 2.89 bits per heavy atom. The highest BCUT2D eigenvalue weighted by Crippen LogP contribution is 2.23. The van der Waals surface area contributed by atoms with E-state index in [1.807, 2.05) is 23.1 Å². The Balaban J connectivity index is 1.68. The van der Waals surface area contributed by atoms with Crippen LogP contribution in [0.2, 0.25) is 0 Å². The second kappa shape index (κ2) is 9.80. The maximum Gasteiger partial charge on any atom is 0.258 e. The lowest BCUT2D eigenvalue weighted by atomic mass is 9.86. The first kappa shape index (κ1) is 20.5. The van der Waals surface area contributed by atoms with Crippen LogP contribution < -0.4 is 10.9 Å². The van der Waals surface area contributed by atoms with Crippen LogP contribution in [0.15, 0.2) is 29.1 Å². The molecule has 1 aliphatic rings. The minimum absolute atomic E-state index is 0.0120. The van der Waals surface area contributed by atoms with Gasteiger partial charge >= 0.3 is 0 Å². The first-order chi connectivity index (χ1) is 13.6. The predicted molar refractivity (Wildman–Crippen MR) is 109 cm³/mol. The zero-order chi connectivity index (χ0) is 19.9. The quantitative estimate of drug-likeness (QED) is 0.725. The van der Waals surface area contributed by atoms with Gasteiger partial charge in [-0.25, -0.2) is 4.98 Å². The van der Waals surface area contributed by atoms with Gasteiger partial charge in [-0.15, -0.1) is 0 Å². The number of nitrogens with one attached hydrogen (secondary N) is 2. The van der Waals surface area contributed by atoms with Crippen molar-refractivity contribution in [3.05, 3.63) is 40.4 Å². The average Bonchev–Trinajstić information content (AvgIpc) is 2.68. The number of H-pyrrole nitrogens is 1. The maximum absolute atomic E-state index is 12.6. The lowest BCUT2D eigenvalue weighted by Gasteiger charge is -2.30. The number of hydrogen-bond acceptors (Lipinski definition) is 5. The van der Waals surface area contributed by atoms with E-state index < -0.39 is 0 Å². The van der Waals surface area contributed by atoms with Crippen LogP contribution in [0.3, 0.4) is 0 Å². The predicted octanol–water partition coefficient (Wildman–Crippen LogP) is 2.07. The molecule has 1 fully saturated rings. The third-order valence-corrected chi connectivity index (χ3v) is 5.47. The summed E-state index contributed by atoms with van der Waals surface area (Å²) < 4.78 is 5.19. The van der Waals surface area contributed by atoms with Crippen molar-refractivity contribution < 1.29 is 9.53 Å². The molecular formula is C21H30N4O3. The van der Waals surface area contributed by atoms with E-state index >= 15 is 0 Å². The number of aromatic amines is 1. The summed E-state index contributed by atoms with van der Waals surface area (Å²) in [6.45, 7) is 3.93. The third-order valence-electron chi connectivity index (χ3n) is 5.47. The summed E-state index contributed by atoms with van der Waals surface area (Å²) in [5.41, 5.74) is 0.501. The molecule has 1 amide bonds. The molecule has 1 aromatic heterocycles. The largest absolute Gasteiger partial charge is 0.383 e. The number of benzene rings is 1. The molecule has 1 heterocycles. The number of nitrogens with zero attached hydrogens (tertiary/aromatic N) is 2. The van der Waals surface area contributed by atoms with Gasteiger partial charge in [-0.2, -0.15) is 0 Å².